The van der Waals surface area contributed by atoms with Crippen molar-refractivity contribution in [3.05, 3.63) is 29.8 Å². The second-order valence-corrected chi connectivity index (χ2v) is 3.15. The molecule has 4 nitrogen and oxygen atoms in total. The number of hydrogen-bond acceptors (Lipinski definition) is 4. The second-order valence-electron chi connectivity index (χ2n) is 3.15. The summed E-state index contributed by atoms with van der Waals surface area (Å²) in [6.45, 7) is 1.35. The molecule has 0 fully saturated rings. The SMILES string of the molecule is CC(=O)c1nc(N)c2cc(F)ccc2n1. The van der Waals surface area contributed by atoms with Gasteiger partial charge in [0.25, 0.3) is 0 Å². The van der Waals surface area contributed by atoms with Gasteiger partial charge in [0, 0.05) is 12.3 Å². The summed E-state index contributed by atoms with van der Waals surface area (Å²) in [4.78, 5) is 18.8. The van der Waals surface area contributed by atoms with E-state index in [1.807, 2.05) is 0 Å². The van der Waals surface area contributed by atoms with Gasteiger partial charge in [0.05, 0.1) is 5.52 Å². The third kappa shape index (κ3) is 1.63. The molecule has 0 spiro atoms. The van der Waals surface area contributed by atoms with Crippen LogP contribution in [0.25, 0.3) is 10.9 Å². The smallest absolute Gasteiger partial charge is 0.198 e. The molecule has 0 aliphatic rings. The van der Waals surface area contributed by atoms with E-state index >= 15 is 0 Å². The molecule has 0 amide bonds. The van der Waals surface area contributed by atoms with Crippen LogP contribution in [-0.2, 0) is 0 Å². The Labute approximate surface area is 84.9 Å². The Morgan fingerprint density at radius 3 is 2.80 bits per heavy atom. The van der Waals surface area contributed by atoms with Crippen LogP contribution in [0.15, 0.2) is 18.2 Å². The maximum Gasteiger partial charge on any atom is 0.198 e. The summed E-state index contributed by atoms with van der Waals surface area (Å²) < 4.78 is 12.9. The zero-order valence-corrected chi connectivity index (χ0v) is 7.99. The van der Waals surface area contributed by atoms with Crippen LogP contribution in [0, 0.1) is 5.82 Å². The third-order valence-corrected chi connectivity index (χ3v) is 2.00. The van der Waals surface area contributed by atoms with Crippen molar-refractivity contribution in [3.63, 3.8) is 0 Å². The van der Waals surface area contributed by atoms with Crippen LogP contribution in [0.1, 0.15) is 17.5 Å². The van der Waals surface area contributed by atoms with Gasteiger partial charge in [-0.15, -0.1) is 0 Å². The number of fused-ring (bicyclic) bond motifs is 1. The zero-order chi connectivity index (χ0) is 11.0. The molecule has 0 bridgehead atoms. The fraction of sp³-hybridized carbons (Fsp3) is 0.100. The summed E-state index contributed by atoms with van der Waals surface area (Å²) >= 11 is 0. The molecular weight excluding hydrogens is 197 g/mol. The normalized spacial score (nSPS) is 10.5. The molecule has 1 aromatic carbocycles. The van der Waals surface area contributed by atoms with E-state index in [4.69, 9.17) is 5.73 Å². The number of ketones is 1. The number of anilines is 1. The van der Waals surface area contributed by atoms with E-state index in [1.165, 1.54) is 25.1 Å². The molecule has 1 aromatic heterocycles. The summed E-state index contributed by atoms with van der Waals surface area (Å²) in [5.74, 6) is -0.516. The Balaban J connectivity index is 2.78. The number of carbonyl (C=O) groups excluding carboxylic acids is 1. The van der Waals surface area contributed by atoms with Crippen LogP contribution >= 0.6 is 0 Å². The van der Waals surface area contributed by atoms with E-state index in [9.17, 15) is 9.18 Å². The first-order valence-corrected chi connectivity index (χ1v) is 4.31. The number of aromatic nitrogens is 2. The molecule has 0 atom stereocenters. The topological polar surface area (TPSA) is 68.9 Å². The molecule has 0 unspecified atom stereocenters. The van der Waals surface area contributed by atoms with Crippen LogP contribution in [0.5, 0.6) is 0 Å². The second kappa shape index (κ2) is 3.27. The highest BCUT2D eigenvalue weighted by Gasteiger charge is 2.08. The van der Waals surface area contributed by atoms with Crippen molar-refractivity contribution in [1.29, 1.82) is 0 Å². The van der Waals surface area contributed by atoms with Crippen LogP contribution in [0.3, 0.4) is 0 Å². The van der Waals surface area contributed by atoms with Crippen molar-refractivity contribution in [3.8, 4) is 0 Å². The lowest BCUT2D eigenvalue weighted by molar-refractivity contribution is 0.100. The van der Waals surface area contributed by atoms with E-state index in [0.29, 0.717) is 10.9 Å². The number of nitrogen functional groups attached to an aromatic ring is 1. The minimum Gasteiger partial charge on any atom is -0.383 e. The lowest BCUT2D eigenvalue weighted by atomic mass is 10.2. The summed E-state index contributed by atoms with van der Waals surface area (Å²) in [6.07, 6.45) is 0. The Morgan fingerprint density at radius 2 is 2.13 bits per heavy atom. The lowest BCUT2D eigenvalue weighted by Crippen LogP contribution is -2.05. The fourth-order valence-corrected chi connectivity index (χ4v) is 1.28. The summed E-state index contributed by atoms with van der Waals surface area (Å²) in [5, 5.41) is 0.417. The number of nitrogens with zero attached hydrogens (tertiary/aromatic N) is 2. The van der Waals surface area contributed by atoms with Gasteiger partial charge in [-0.3, -0.25) is 4.79 Å². The fourth-order valence-electron chi connectivity index (χ4n) is 1.28. The summed E-state index contributed by atoms with van der Waals surface area (Å²) in [6, 6.07) is 3.97. The molecular formula is C10H8FN3O. The molecule has 0 saturated carbocycles. The minimum atomic E-state index is -0.409. The lowest BCUT2D eigenvalue weighted by Gasteiger charge is -2.02. The standard InChI is InChI=1S/C10H8FN3O/c1-5(15)10-13-8-3-2-6(11)4-7(8)9(12)14-10/h2-4H,1H3,(H2,12,13,14). The highest BCUT2D eigenvalue weighted by atomic mass is 19.1. The molecule has 2 N–H and O–H groups in total. The van der Waals surface area contributed by atoms with Gasteiger partial charge >= 0.3 is 0 Å². The maximum atomic E-state index is 12.9. The van der Waals surface area contributed by atoms with Crippen LogP contribution in [-0.4, -0.2) is 15.8 Å². The molecule has 76 valence electrons. The highest BCUT2D eigenvalue weighted by molar-refractivity contribution is 5.95. The van der Waals surface area contributed by atoms with Crippen molar-refractivity contribution in [1.82, 2.24) is 9.97 Å². The van der Waals surface area contributed by atoms with Gasteiger partial charge in [0.15, 0.2) is 11.6 Å². The van der Waals surface area contributed by atoms with Crippen LogP contribution < -0.4 is 5.73 Å². The van der Waals surface area contributed by atoms with E-state index in [2.05, 4.69) is 9.97 Å². The van der Waals surface area contributed by atoms with Crippen molar-refractivity contribution in [2.75, 3.05) is 5.73 Å². The molecule has 0 aliphatic heterocycles. The molecule has 2 rings (SSSR count). The molecule has 2 aromatic rings. The first-order chi connectivity index (χ1) is 7.08. The van der Waals surface area contributed by atoms with Crippen molar-refractivity contribution >= 4 is 22.5 Å². The molecule has 5 heteroatoms. The first-order valence-electron chi connectivity index (χ1n) is 4.31. The minimum absolute atomic E-state index is 0.0478. The van der Waals surface area contributed by atoms with Crippen molar-refractivity contribution in [2.24, 2.45) is 0 Å². The Bertz CT molecular complexity index is 554. The third-order valence-electron chi connectivity index (χ3n) is 2.00. The van der Waals surface area contributed by atoms with Gasteiger partial charge in [0.1, 0.15) is 11.6 Å². The van der Waals surface area contributed by atoms with Gasteiger partial charge in [-0.05, 0) is 18.2 Å². The summed E-state index contributed by atoms with van der Waals surface area (Å²) in [7, 11) is 0. The van der Waals surface area contributed by atoms with Gasteiger partial charge in [-0.1, -0.05) is 0 Å². The molecule has 0 aliphatic carbocycles. The zero-order valence-electron chi connectivity index (χ0n) is 7.99. The number of hydrogen-bond donors (Lipinski definition) is 1. The van der Waals surface area contributed by atoms with Gasteiger partial charge in [-0.25, -0.2) is 14.4 Å². The van der Waals surface area contributed by atoms with E-state index in [1.54, 1.807) is 0 Å². The van der Waals surface area contributed by atoms with E-state index < -0.39 is 5.82 Å². The number of nitrogens with two attached hydrogens (primary N) is 1. The average molecular weight is 205 g/mol. The maximum absolute atomic E-state index is 12.9. The highest BCUT2D eigenvalue weighted by Crippen LogP contribution is 2.18. The Kier molecular flexibility index (Phi) is 2.07. The number of Topliss-reactive ketones (excluding diaryl/α,β-unsaturated/α-hetero) is 1. The number of rotatable bonds is 1. The number of benzene rings is 1. The number of halogens is 1. The molecule has 1 heterocycles. The monoisotopic (exact) mass is 205 g/mol. The molecule has 0 radical (unpaired) electrons. The first kappa shape index (κ1) is 9.51. The Hall–Kier alpha value is -2.04. The van der Waals surface area contributed by atoms with Gasteiger partial charge < -0.3 is 5.73 Å². The predicted octanol–water partition coefficient (Wildman–Crippen LogP) is 1.55. The van der Waals surface area contributed by atoms with Gasteiger partial charge in [0.2, 0.25) is 0 Å². The largest absolute Gasteiger partial charge is 0.383 e. The average Bonchev–Trinajstić information content (AvgIpc) is 2.18. The van der Waals surface area contributed by atoms with Gasteiger partial charge in [-0.2, -0.15) is 0 Å². The quantitative estimate of drug-likeness (QED) is 0.717. The van der Waals surface area contributed by atoms with E-state index in [-0.39, 0.29) is 17.4 Å². The summed E-state index contributed by atoms with van der Waals surface area (Å²) in [5.41, 5.74) is 6.06. The molecule has 0 saturated heterocycles. The van der Waals surface area contributed by atoms with E-state index in [0.717, 1.165) is 0 Å². The number of carbonyl (C=O) groups is 1. The van der Waals surface area contributed by atoms with Crippen LogP contribution in [0.2, 0.25) is 0 Å². The van der Waals surface area contributed by atoms with Crippen molar-refractivity contribution in [2.45, 2.75) is 6.92 Å². The van der Waals surface area contributed by atoms with Crippen molar-refractivity contribution < 1.29 is 9.18 Å². The Morgan fingerprint density at radius 1 is 1.40 bits per heavy atom. The molecule has 15 heavy (non-hydrogen) atoms. The van der Waals surface area contributed by atoms with Crippen LogP contribution in [0.4, 0.5) is 10.2 Å². The predicted molar refractivity (Wildman–Crippen MR) is 53.9 cm³/mol.